The van der Waals surface area contributed by atoms with Crippen molar-refractivity contribution in [3.05, 3.63) is 48.7 Å². The number of benzene rings is 2. The Bertz CT molecular complexity index is 730. The SMILES string of the molecule is c1cc2c(c(-c3c[nH]c4ccccc34)c1)OCO2. The molecule has 0 amide bonds. The van der Waals surface area contributed by atoms with Crippen LogP contribution >= 0.6 is 0 Å². The van der Waals surface area contributed by atoms with Gasteiger partial charge >= 0.3 is 0 Å². The van der Waals surface area contributed by atoms with Crippen LogP contribution in [0.3, 0.4) is 0 Å². The highest BCUT2D eigenvalue weighted by atomic mass is 16.7. The number of para-hydroxylation sites is 2. The number of fused-ring (bicyclic) bond motifs is 2. The molecule has 0 fully saturated rings. The number of rotatable bonds is 1. The molecule has 1 aliphatic rings. The molecule has 3 heteroatoms. The Balaban J connectivity index is 2.01. The molecule has 0 spiro atoms. The van der Waals surface area contributed by atoms with Crippen molar-refractivity contribution in [1.29, 1.82) is 0 Å². The molecule has 1 aliphatic heterocycles. The van der Waals surface area contributed by atoms with Gasteiger partial charge in [0.15, 0.2) is 11.5 Å². The van der Waals surface area contributed by atoms with Crippen LogP contribution in [-0.4, -0.2) is 11.8 Å². The second-order valence-corrected chi connectivity index (χ2v) is 4.29. The smallest absolute Gasteiger partial charge is 0.231 e. The molecule has 0 saturated carbocycles. The third-order valence-electron chi connectivity index (χ3n) is 3.28. The van der Waals surface area contributed by atoms with Gasteiger partial charge in [-0.15, -0.1) is 0 Å². The Morgan fingerprint density at radius 1 is 0.889 bits per heavy atom. The normalized spacial score (nSPS) is 13.1. The maximum absolute atomic E-state index is 5.57. The molecule has 2 aromatic carbocycles. The van der Waals surface area contributed by atoms with Crippen molar-refractivity contribution in [2.24, 2.45) is 0 Å². The summed E-state index contributed by atoms with van der Waals surface area (Å²) in [6, 6.07) is 14.2. The summed E-state index contributed by atoms with van der Waals surface area (Å²) in [6.07, 6.45) is 2.02. The molecule has 0 saturated heterocycles. The van der Waals surface area contributed by atoms with Gasteiger partial charge in [0.25, 0.3) is 0 Å². The standard InChI is InChI=1S/C15H11NO2/c1-2-6-13-10(4-1)12(8-16-13)11-5-3-7-14-15(11)18-9-17-14/h1-8,16H,9H2. The van der Waals surface area contributed by atoms with Gasteiger partial charge in [-0.25, -0.2) is 0 Å². The fourth-order valence-corrected chi connectivity index (χ4v) is 2.44. The van der Waals surface area contributed by atoms with Crippen LogP contribution < -0.4 is 9.47 Å². The Labute approximate surface area is 104 Å². The molecule has 18 heavy (non-hydrogen) atoms. The van der Waals surface area contributed by atoms with Crippen molar-refractivity contribution in [3.63, 3.8) is 0 Å². The molecular formula is C15H11NO2. The number of hydrogen-bond acceptors (Lipinski definition) is 2. The number of hydrogen-bond donors (Lipinski definition) is 1. The Morgan fingerprint density at radius 2 is 1.83 bits per heavy atom. The molecule has 0 radical (unpaired) electrons. The predicted octanol–water partition coefficient (Wildman–Crippen LogP) is 3.56. The molecule has 0 unspecified atom stereocenters. The van der Waals surface area contributed by atoms with Crippen molar-refractivity contribution >= 4 is 10.9 Å². The zero-order valence-electron chi connectivity index (χ0n) is 9.64. The largest absolute Gasteiger partial charge is 0.454 e. The Morgan fingerprint density at radius 3 is 2.83 bits per heavy atom. The minimum absolute atomic E-state index is 0.300. The minimum Gasteiger partial charge on any atom is -0.454 e. The van der Waals surface area contributed by atoms with Gasteiger partial charge in [-0.1, -0.05) is 30.3 Å². The molecule has 3 aromatic rings. The highest BCUT2D eigenvalue weighted by molar-refractivity contribution is 5.97. The summed E-state index contributed by atoms with van der Waals surface area (Å²) < 4.78 is 11.0. The summed E-state index contributed by atoms with van der Waals surface area (Å²) in [7, 11) is 0. The van der Waals surface area contributed by atoms with Crippen LogP contribution in [-0.2, 0) is 0 Å². The second kappa shape index (κ2) is 3.53. The number of H-pyrrole nitrogens is 1. The van der Waals surface area contributed by atoms with E-state index in [-0.39, 0.29) is 0 Å². The summed E-state index contributed by atoms with van der Waals surface area (Å²) in [5.74, 6) is 1.65. The van der Waals surface area contributed by atoms with Crippen LogP contribution in [0, 0.1) is 0 Å². The van der Waals surface area contributed by atoms with E-state index in [4.69, 9.17) is 9.47 Å². The molecule has 0 atom stereocenters. The maximum Gasteiger partial charge on any atom is 0.231 e. The lowest BCUT2D eigenvalue weighted by Gasteiger charge is -2.04. The van der Waals surface area contributed by atoms with Gasteiger partial charge in [-0.3, -0.25) is 0 Å². The van der Waals surface area contributed by atoms with Crippen molar-refractivity contribution in [2.75, 3.05) is 6.79 Å². The van der Waals surface area contributed by atoms with Gasteiger partial charge in [0.2, 0.25) is 6.79 Å². The molecule has 0 aliphatic carbocycles. The average Bonchev–Trinajstić information content (AvgIpc) is 3.05. The van der Waals surface area contributed by atoms with E-state index in [1.54, 1.807) is 0 Å². The Kier molecular flexibility index (Phi) is 1.88. The van der Waals surface area contributed by atoms with Crippen LogP contribution in [0.4, 0.5) is 0 Å². The Hall–Kier alpha value is -2.42. The fourth-order valence-electron chi connectivity index (χ4n) is 2.44. The monoisotopic (exact) mass is 237 g/mol. The van der Waals surface area contributed by atoms with Gasteiger partial charge in [0.1, 0.15) is 0 Å². The summed E-state index contributed by atoms with van der Waals surface area (Å²) in [5.41, 5.74) is 3.35. The number of nitrogens with one attached hydrogen (secondary N) is 1. The molecule has 0 bridgehead atoms. The summed E-state index contributed by atoms with van der Waals surface area (Å²) in [5, 5.41) is 1.20. The zero-order valence-corrected chi connectivity index (χ0v) is 9.64. The summed E-state index contributed by atoms with van der Waals surface area (Å²) in [4.78, 5) is 3.28. The third-order valence-corrected chi connectivity index (χ3v) is 3.28. The first-order valence-electron chi connectivity index (χ1n) is 5.88. The van der Waals surface area contributed by atoms with E-state index in [0.29, 0.717) is 6.79 Å². The van der Waals surface area contributed by atoms with E-state index in [0.717, 1.165) is 28.1 Å². The number of aromatic amines is 1. The van der Waals surface area contributed by atoms with Gasteiger partial charge in [-0.2, -0.15) is 0 Å². The van der Waals surface area contributed by atoms with Gasteiger partial charge in [-0.05, 0) is 12.1 Å². The van der Waals surface area contributed by atoms with Crippen molar-refractivity contribution in [1.82, 2.24) is 4.98 Å². The molecule has 3 nitrogen and oxygen atoms in total. The van der Waals surface area contributed by atoms with Crippen molar-refractivity contribution in [2.45, 2.75) is 0 Å². The molecule has 1 N–H and O–H groups in total. The van der Waals surface area contributed by atoms with E-state index in [9.17, 15) is 0 Å². The predicted molar refractivity (Wildman–Crippen MR) is 69.9 cm³/mol. The van der Waals surface area contributed by atoms with Crippen molar-refractivity contribution in [3.8, 4) is 22.6 Å². The van der Waals surface area contributed by atoms with E-state index < -0.39 is 0 Å². The zero-order chi connectivity index (χ0) is 11.9. The molecular weight excluding hydrogens is 226 g/mol. The first kappa shape index (κ1) is 9.59. The van der Waals surface area contributed by atoms with Crippen LogP contribution in [0.2, 0.25) is 0 Å². The maximum atomic E-state index is 5.57. The number of aromatic nitrogens is 1. The molecule has 4 rings (SSSR count). The fraction of sp³-hybridized carbons (Fsp3) is 0.0667. The molecule has 2 heterocycles. The lowest BCUT2D eigenvalue weighted by Crippen LogP contribution is -1.93. The number of ether oxygens (including phenoxy) is 2. The van der Waals surface area contributed by atoms with Gasteiger partial charge < -0.3 is 14.5 Å². The lowest BCUT2D eigenvalue weighted by molar-refractivity contribution is 0.174. The van der Waals surface area contributed by atoms with Gasteiger partial charge in [0.05, 0.1) is 0 Å². The van der Waals surface area contributed by atoms with Gasteiger partial charge in [0, 0.05) is 28.2 Å². The van der Waals surface area contributed by atoms with E-state index >= 15 is 0 Å². The van der Waals surface area contributed by atoms with E-state index in [1.807, 2.05) is 30.5 Å². The quantitative estimate of drug-likeness (QED) is 0.702. The highest BCUT2D eigenvalue weighted by Gasteiger charge is 2.19. The minimum atomic E-state index is 0.300. The van der Waals surface area contributed by atoms with Crippen LogP contribution in [0.25, 0.3) is 22.0 Å². The van der Waals surface area contributed by atoms with Crippen LogP contribution in [0.1, 0.15) is 0 Å². The van der Waals surface area contributed by atoms with Crippen LogP contribution in [0.5, 0.6) is 11.5 Å². The topological polar surface area (TPSA) is 34.2 Å². The first-order valence-corrected chi connectivity index (χ1v) is 5.88. The average molecular weight is 237 g/mol. The third kappa shape index (κ3) is 1.24. The first-order chi connectivity index (χ1) is 8.93. The summed E-state index contributed by atoms with van der Waals surface area (Å²) in [6.45, 7) is 0.300. The van der Waals surface area contributed by atoms with Crippen molar-refractivity contribution < 1.29 is 9.47 Å². The van der Waals surface area contributed by atoms with E-state index in [1.165, 1.54) is 5.39 Å². The lowest BCUT2D eigenvalue weighted by atomic mass is 10.0. The molecule has 88 valence electrons. The molecule has 1 aromatic heterocycles. The second-order valence-electron chi connectivity index (χ2n) is 4.29. The van der Waals surface area contributed by atoms with Crippen LogP contribution in [0.15, 0.2) is 48.7 Å². The summed E-state index contributed by atoms with van der Waals surface area (Å²) >= 11 is 0. The highest BCUT2D eigenvalue weighted by Crippen LogP contribution is 2.43. The van der Waals surface area contributed by atoms with E-state index in [2.05, 4.69) is 23.2 Å².